The van der Waals surface area contributed by atoms with Crippen LogP contribution in [0.5, 0.6) is 0 Å². The third-order valence-electron chi connectivity index (χ3n) is 3.57. The van der Waals surface area contributed by atoms with E-state index < -0.39 is 0 Å². The van der Waals surface area contributed by atoms with Gasteiger partial charge < -0.3 is 11.1 Å². The number of nitrogens with zero attached hydrogens (tertiary/aromatic N) is 1. The highest BCUT2D eigenvalue weighted by atomic mass is 15.2. The second-order valence-electron chi connectivity index (χ2n) is 4.92. The highest BCUT2D eigenvalue weighted by molar-refractivity contribution is 5.46. The zero-order valence-corrected chi connectivity index (χ0v) is 10.7. The first-order valence-corrected chi connectivity index (χ1v) is 6.55. The first-order chi connectivity index (χ1) is 8.27. The van der Waals surface area contributed by atoms with E-state index >= 15 is 0 Å². The van der Waals surface area contributed by atoms with E-state index in [4.69, 9.17) is 5.73 Å². The highest BCUT2D eigenvalue weighted by Gasteiger charge is 2.17. The number of rotatable bonds is 5. The molecule has 17 heavy (non-hydrogen) atoms. The molecule has 0 saturated carbocycles. The predicted molar refractivity (Wildman–Crippen MR) is 72.8 cm³/mol. The Morgan fingerprint density at radius 3 is 2.71 bits per heavy atom. The molecule has 1 unspecified atom stereocenters. The van der Waals surface area contributed by atoms with Crippen LogP contribution in [0.1, 0.15) is 25.3 Å². The SMILES string of the molecule is CC(CNCc1ccccc1N)N1CCCC1. The van der Waals surface area contributed by atoms with E-state index in [-0.39, 0.29) is 0 Å². The molecule has 0 aromatic heterocycles. The van der Waals surface area contributed by atoms with Crippen LogP contribution in [0.2, 0.25) is 0 Å². The fourth-order valence-electron chi connectivity index (χ4n) is 2.42. The zero-order chi connectivity index (χ0) is 12.1. The molecule has 3 heteroatoms. The molecule has 1 aromatic rings. The van der Waals surface area contributed by atoms with Gasteiger partial charge in [0.15, 0.2) is 0 Å². The van der Waals surface area contributed by atoms with Crippen molar-refractivity contribution in [1.82, 2.24) is 10.2 Å². The van der Waals surface area contributed by atoms with Crippen molar-refractivity contribution in [2.45, 2.75) is 32.4 Å². The Labute approximate surface area is 104 Å². The van der Waals surface area contributed by atoms with Crippen LogP contribution in [0.15, 0.2) is 24.3 Å². The molecule has 1 aliphatic heterocycles. The van der Waals surface area contributed by atoms with Crippen molar-refractivity contribution in [3.05, 3.63) is 29.8 Å². The maximum absolute atomic E-state index is 5.91. The third-order valence-corrected chi connectivity index (χ3v) is 3.57. The van der Waals surface area contributed by atoms with Crippen molar-refractivity contribution in [1.29, 1.82) is 0 Å². The number of nitrogen functional groups attached to an aromatic ring is 1. The van der Waals surface area contributed by atoms with E-state index in [2.05, 4.69) is 23.2 Å². The summed E-state index contributed by atoms with van der Waals surface area (Å²) in [4.78, 5) is 2.56. The molecule has 0 spiro atoms. The largest absolute Gasteiger partial charge is 0.398 e. The Kier molecular flexibility index (Phi) is 4.40. The molecule has 3 nitrogen and oxygen atoms in total. The van der Waals surface area contributed by atoms with E-state index in [1.165, 1.54) is 31.5 Å². The summed E-state index contributed by atoms with van der Waals surface area (Å²) in [7, 11) is 0. The van der Waals surface area contributed by atoms with Crippen LogP contribution in [0, 0.1) is 0 Å². The summed E-state index contributed by atoms with van der Waals surface area (Å²) in [5.41, 5.74) is 7.99. The number of likely N-dealkylation sites (tertiary alicyclic amines) is 1. The molecule has 1 saturated heterocycles. The molecule has 2 rings (SSSR count). The first kappa shape index (κ1) is 12.4. The molecule has 0 amide bonds. The summed E-state index contributed by atoms with van der Waals surface area (Å²) in [6.07, 6.45) is 2.71. The van der Waals surface area contributed by atoms with Crippen LogP contribution in [-0.2, 0) is 6.54 Å². The predicted octanol–water partition coefficient (Wildman–Crippen LogP) is 1.84. The number of hydrogen-bond acceptors (Lipinski definition) is 3. The van der Waals surface area contributed by atoms with Crippen LogP contribution in [0.25, 0.3) is 0 Å². The number of nitrogens with one attached hydrogen (secondary N) is 1. The Morgan fingerprint density at radius 1 is 1.29 bits per heavy atom. The lowest BCUT2D eigenvalue weighted by Crippen LogP contribution is -2.38. The molecule has 0 aliphatic carbocycles. The number of nitrogens with two attached hydrogens (primary N) is 1. The molecule has 3 N–H and O–H groups in total. The number of benzene rings is 1. The fraction of sp³-hybridized carbons (Fsp3) is 0.571. The normalized spacial score (nSPS) is 18.4. The van der Waals surface area contributed by atoms with Crippen molar-refractivity contribution in [3.63, 3.8) is 0 Å². The number of para-hydroxylation sites is 1. The van der Waals surface area contributed by atoms with Gasteiger partial charge in [0.1, 0.15) is 0 Å². The topological polar surface area (TPSA) is 41.3 Å². The van der Waals surface area contributed by atoms with E-state index in [0.717, 1.165) is 18.8 Å². The van der Waals surface area contributed by atoms with Gasteiger partial charge in [-0.1, -0.05) is 18.2 Å². The van der Waals surface area contributed by atoms with Gasteiger partial charge in [0, 0.05) is 24.8 Å². The van der Waals surface area contributed by atoms with E-state index in [1.807, 2.05) is 18.2 Å². The van der Waals surface area contributed by atoms with Crippen molar-refractivity contribution in [3.8, 4) is 0 Å². The fourth-order valence-corrected chi connectivity index (χ4v) is 2.42. The lowest BCUT2D eigenvalue weighted by molar-refractivity contribution is 0.251. The molecule has 0 radical (unpaired) electrons. The van der Waals surface area contributed by atoms with Gasteiger partial charge >= 0.3 is 0 Å². The van der Waals surface area contributed by atoms with Gasteiger partial charge in [0.25, 0.3) is 0 Å². The monoisotopic (exact) mass is 233 g/mol. The molecule has 1 aliphatic rings. The summed E-state index contributed by atoms with van der Waals surface area (Å²) in [5.74, 6) is 0. The van der Waals surface area contributed by atoms with Gasteiger partial charge in [-0.3, -0.25) is 4.90 Å². The average Bonchev–Trinajstić information content (AvgIpc) is 2.85. The summed E-state index contributed by atoms with van der Waals surface area (Å²) in [6.45, 7) is 6.72. The summed E-state index contributed by atoms with van der Waals surface area (Å²) >= 11 is 0. The van der Waals surface area contributed by atoms with Crippen molar-refractivity contribution in [2.75, 3.05) is 25.4 Å². The second-order valence-corrected chi connectivity index (χ2v) is 4.92. The minimum Gasteiger partial charge on any atom is -0.398 e. The molecule has 1 aromatic carbocycles. The van der Waals surface area contributed by atoms with Gasteiger partial charge in [-0.05, 0) is 44.5 Å². The maximum Gasteiger partial charge on any atom is 0.0359 e. The quantitative estimate of drug-likeness (QED) is 0.763. The molecular formula is C14H23N3. The lowest BCUT2D eigenvalue weighted by Gasteiger charge is -2.24. The smallest absolute Gasteiger partial charge is 0.0359 e. The van der Waals surface area contributed by atoms with Crippen molar-refractivity contribution in [2.24, 2.45) is 0 Å². The van der Waals surface area contributed by atoms with E-state index in [9.17, 15) is 0 Å². The lowest BCUT2D eigenvalue weighted by atomic mass is 10.2. The minimum atomic E-state index is 0.627. The van der Waals surface area contributed by atoms with Gasteiger partial charge in [0.05, 0.1) is 0 Å². The van der Waals surface area contributed by atoms with Crippen LogP contribution >= 0.6 is 0 Å². The minimum absolute atomic E-state index is 0.627. The summed E-state index contributed by atoms with van der Waals surface area (Å²) < 4.78 is 0. The Bertz CT molecular complexity index is 345. The van der Waals surface area contributed by atoms with Crippen molar-refractivity contribution >= 4 is 5.69 Å². The molecule has 0 bridgehead atoms. The first-order valence-electron chi connectivity index (χ1n) is 6.55. The van der Waals surface area contributed by atoms with Crippen LogP contribution in [0.3, 0.4) is 0 Å². The summed E-state index contributed by atoms with van der Waals surface area (Å²) in [6, 6.07) is 8.69. The Balaban J connectivity index is 1.74. The second kappa shape index (κ2) is 6.03. The van der Waals surface area contributed by atoms with Gasteiger partial charge in [-0.15, -0.1) is 0 Å². The maximum atomic E-state index is 5.91. The van der Waals surface area contributed by atoms with Crippen LogP contribution in [-0.4, -0.2) is 30.6 Å². The number of hydrogen-bond donors (Lipinski definition) is 2. The standard InChI is InChI=1S/C14H23N3/c1-12(17-8-4-5-9-17)10-16-11-13-6-2-3-7-14(13)15/h2-3,6-7,12,16H,4-5,8-11,15H2,1H3. The van der Waals surface area contributed by atoms with Gasteiger partial charge in [-0.2, -0.15) is 0 Å². The molecule has 1 fully saturated rings. The number of anilines is 1. The van der Waals surface area contributed by atoms with Crippen molar-refractivity contribution < 1.29 is 0 Å². The Morgan fingerprint density at radius 2 is 2.00 bits per heavy atom. The Hall–Kier alpha value is -1.06. The molecule has 1 atom stereocenters. The third kappa shape index (κ3) is 3.45. The van der Waals surface area contributed by atoms with Crippen LogP contribution in [0.4, 0.5) is 5.69 Å². The summed E-state index contributed by atoms with van der Waals surface area (Å²) in [5, 5.41) is 3.50. The van der Waals surface area contributed by atoms with Gasteiger partial charge in [0.2, 0.25) is 0 Å². The molecular weight excluding hydrogens is 210 g/mol. The van der Waals surface area contributed by atoms with E-state index in [1.54, 1.807) is 0 Å². The van der Waals surface area contributed by atoms with E-state index in [0.29, 0.717) is 6.04 Å². The highest BCUT2D eigenvalue weighted by Crippen LogP contribution is 2.12. The zero-order valence-electron chi connectivity index (χ0n) is 10.7. The van der Waals surface area contributed by atoms with Gasteiger partial charge in [-0.25, -0.2) is 0 Å². The average molecular weight is 233 g/mol. The molecule has 94 valence electrons. The molecule has 1 heterocycles. The van der Waals surface area contributed by atoms with Crippen LogP contribution < -0.4 is 11.1 Å².